The van der Waals surface area contributed by atoms with Crippen LogP contribution >= 0.6 is 0 Å². The van der Waals surface area contributed by atoms with Crippen molar-refractivity contribution in [3.05, 3.63) is 0 Å². The molecule has 2 fully saturated rings. The number of hydrogen-bond donors (Lipinski definition) is 0. The molecule has 1 aliphatic heterocycles. The molecule has 1 atom stereocenters. The van der Waals surface area contributed by atoms with Crippen LogP contribution in [-0.4, -0.2) is 36.1 Å². The van der Waals surface area contributed by atoms with Crippen LogP contribution in [0.4, 0.5) is 0 Å². The molecule has 110 valence electrons. The summed E-state index contributed by atoms with van der Waals surface area (Å²) >= 11 is 0. The molecule has 1 aliphatic carbocycles. The highest BCUT2D eigenvalue weighted by atomic mass is 16.5. The second-order valence-electron chi connectivity index (χ2n) is 6.08. The van der Waals surface area contributed by atoms with E-state index in [1.807, 2.05) is 6.92 Å². The summed E-state index contributed by atoms with van der Waals surface area (Å²) < 4.78 is 5.26. The van der Waals surface area contributed by atoms with E-state index in [-0.39, 0.29) is 12.0 Å². The van der Waals surface area contributed by atoms with E-state index in [2.05, 4.69) is 11.8 Å². The number of ether oxygens (including phenoxy) is 1. The van der Waals surface area contributed by atoms with Crippen LogP contribution < -0.4 is 0 Å². The zero-order valence-corrected chi connectivity index (χ0v) is 12.6. The molecule has 3 nitrogen and oxygen atoms in total. The number of carbonyl (C=O) groups is 1. The van der Waals surface area contributed by atoms with Crippen molar-refractivity contribution in [2.45, 2.75) is 77.3 Å². The van der Waals surface area contributed by atoms with Crippen molar-refractivity contribution in [2.75, 3.05) is 13.2 Å². The molecular weight excluding hydrogens is 238 g/mol. The van der Waals surface area contributed by atoms with Crippen LogP contribution in [0, 0.1) is 5.92 Å². The molecule has 2 rings (SSSR count). The van der Waals surface area contributed by atoms with Gasteiger partial charge in [-0.25, -0.2) is 0 Å². The molecule has 0 amide bonds. The largest absolute Gasteiger partial charge is 0.465 e. The average Bonchev–Trinajstić information content (AvgIpc) is 2.47. The van der Waals surface area contributed by atoms with Crippen LogP contribution in [0.15, 0.2) is 0 Å². The third-order valence-corrected chi connectivity index (χ3v) is 4.97. The van der Waals surface area contributed by atoms with E-state index >= 15 is 0 Å². The van der Waals surface area contributed by atoms with Gasteiger partial charge in [0.1, 0.15) is 6.04 Å². The first-order valence-electron chi connectivity index (χ1n) is 8.18. The Morgan fingerprint density at radius 3 is 2.47 bits per heavy atom. The number of likely N-dealkylation sites (tertiary alicyclic amines) is 1. The molecule has 0 radical (unpaired) electrons. The predicted molar refractivity (Wildman–Crippen MR) is 77.0 cm³/mol. The van der Waals surface area contributed by atoms with Crippen molar-refractivity contribution in [2.24, 2.45) is 5.92 Å². The Kier molecular flexibility index (Phi) is 5.68. The van der Waals surface area contributed by atoms with Gasteiger partial charge in [0.15, 0.2) is 0 Å². The summed E-state index contributed by atoms with van der Waals surface area (Å²) in [6.07, 6.45) is 9.94. The van der Waals surface area contributed by atoms with Gasteiger partial charge >= 0.3 is 5.97 Å². The zero-order chi connectivity index (χ0) is 13.7. The van der Waals surface area contributed by atoms with Gasteiger partial charge in [0.25, 0.3) is 0 Å². The van der Waals surface area contributed by atoms with E-state index in [1.54, 1.807) is 0 Å². The number of piperidine rings is 1. The fraction of sp³-hybridized carbons (Fsp3) is 0.938. The highest BCUT2D eigenvalue weighted by molar-refractivity contribution is 5.75. The minimum absolute atomic E-state index is 0.0137. The molecule has 1 saturated heterocycles. The third kappa shape index (κ3) is 3.71. The summed E-state index contributed by atoms with van der Waals surface area (Å²) in [5.41, 5.74) is 0. The van der Waals surface area contributed by atoms with E-state index in [1.165, 1.54) is 44.9 Å². The van der Waals surface area contributed by atoms with Gasteiger partial charge in [-0.2, -0.15) is 0 Å². The first-order valence-corrected chi connectivity index (χ1v) is 8.18. The monoisotopic (exact) mass is 267 g/mol. The SMILES string of the molecule is CCOC(=O)[C@@H]1CCCCN1C1CCC(CC)CC1. The Bertz CT molecular complexity index is 284. The lowest BCUT2D eigenvalue weighted by molar-refractivity contribution is -0.152. The van der Waals surface area contributed by atoms with Crippen LogP contribution in [-0.2, 0) is 9.53 Å². The summed E-state index contributed by atoms with van der Waals surface area (Å²) in [4.78, 5) is 14.6. The zero-order valence-electron chi connectivity index (χ0n) is 12.6. The summed E-state index contributed by atoms with van der Waals surface area (Å²) in [7, 11) is 0. The lowest BCUT2D eigenvalue weighted by atomic mass is 9.82. The Morgan fingerprint density at radius 1 is 1.11 bits per heavy atom. The molecule has 1 heterocycles. The highest BCUT2D eigenvalue weighted by Gasteiger charge is 2.35. The second kappa shape index (κ2) is 7.28. The lowest BCUT2D eigenvalue weighted by Gasteiger charge is -2.42. The lowest BCUT2D eigenvalue weighted by Crippen LogP contribution is -2.51. The molecule has 0 unspecified atom stereocenters. The number of esters is 1. The minimum Gasteiger partial charge on any atom is -0.465 e. The molecule has 0 bridgehead atoms. The summed E-state index contributed by atoms with van der Waals surface area (Å²) in [5.74, 6) is 0.932. The van der Waals surface area contributed by atoms with Gasteiger partial charge in [-0.05, 0) is 57.9 Å². The van der Waals surface area contributed by atoms with Crippen molar-refractivity contribution in [1.29, 1.82) is 0 Å². The molecule has 0 aromatic rings. The molecule has 2 aliphatic rings. The quantitative estimate of drug-likeness (QED) is 0.731. The van der Waals surface area contributed by atoms with Gasteiger partial charge in [-0.3, -0.25) is 9.69 Å². The number of hydrogen-bond acceptors (Lipinski definition) is 3. The maximum absolute atomic E-state index is 12.1. The summed E-state index contributed by atoms with van der Waals surface area (Å²) in [6.45, 7) is 5.79. The third-order valence-electron chi connectivity index (χ3n) is 4.97. The highest BCUT2D eigenvalue weighted by Crippen LogP contribution is 2.32. The van der Waals surface area contributed by atoms with Crippen molar-refractivity contribution in [3.63, 3.8) is 0 Å². The second-order valence-corrected chi connectivity index (χ2v) is 6.08. The summed E-state index contributed by atoms with van der Waals surface area (Å²) in [5, 5.41) is 0. The van der Waals surface area contributed by atoms with Gasteiger partial charge < -0.3 is 4.74 Å². The first-order chi connectivity index (χ1) is 9.26. The predicted octanol–water partition coefficient (Wildman–Crippen LogP) is 3.37. The molecular formula is C16H29NO2. The standard InChI is InChI=1S/C16H29NO2/c1-3-13-8-10-14(11-9-13)17-12-6-5-7-15(17)16(18)19-4-2/h13-15H,3-12H2,1-2H3/t13?,14?,15-/m0/s1. The van der Waals surface area contributed by atoms with E-state index in [0.29, 0.717) is 12.6 Å². The topological polar surface area (TPSA) is 29.5 Å². The first kappa shape index (κ1) is 14.8. The van der Waals surface area contributed by atoms with Crippen LogP contribution in [0.1, 0.15) is 65.2 Å². The summed E-state index contributed by atoms with van der Waals surface area (Å²) in [6, 6.07) is 0.661. The van der Waals surface area contributed by atoms with Crippen LogP contribution in [0.25, 0.3) is 0 Å². The van der Waals surface area contributed by atoms with Gasteiger partial charge in [0.05, 0.1) is 6.61 Å². The van der Waals surface area contributed by atoms with Crippen molar-refractivity contribution < 1.29 is 9.53 Å². The molecule has 19 heavy (non-hydrogen) atoms. The van der Waals surface area contributed by atoms with Crippen LogP contribution in [0.5, 0.6) is 0 Å². The van der Waals surface area contributed by atoms with E-state index in [0.717, 1.165) is 18.9 Å². The number of nitrogens with zero attached hydrogens (tertiary/aromatic N) is 1. The van der Waals surface area contributed by atoms with Crippen molar-refractivity contribution in [1.82, 2.24) is 4.90 Å². The van der Waals surface area contributed by atoms with E-state index in [9.17, 15) is 4.79 Å². The minimum atomic E-state index is 0.0137. The van der Waals surface area contributed by atoms with Crippen molar-refractivity contribution >= 4 is 5.97 Å². The molecule has 0 aromatic carbocycles. The Morgan fingerprint density at radius 2 is 1.84 bits per heavy atom. The Hall–Kier alpha value is -0.570. The molecule has 0 spiro atoms. The van der Waals surface area contributed by atoms with Crippen LogP contribution in [0.2, 0.25) is 0 Å². The van der Waals surface area contributed by atoms with Crippen molar-refractivity contribution in [3.8, 4) is 0 Å². The molecule has 1 saturated carbocycles. The Labute approximate surface area is 117 Å². The van der Waals surface area contributed by atoms with E-state index < -0.39 is 0 Å². The van der Waals surface area contributed by atoms with Gasteiger partial charge in [-0.1, -0.05) is 19.8 Å². The maximum atomic E-state index is 12.1. The van der Waals surface area contributed by atoms with Crippen LogP contribution in [0.3, 0.4) is 0 Å². The fourth-order valence-corrected chi connectivity index (χ4v) is 3.77. The fourth-order valence-electron chi connectivity index (χ4n) is 3.77. The maximum Gasteiger partial charge on any atom is 0.323 e. The Balaban J connectivity index is 1.94. The molecule has 3 heteroatoms. The van der Waals surface area contributed by atoms with Gasteiger partial charge in [-0.15, -0.1) is 0 Å². The number of rotatable bonds is 4. The molecule has 0 N–H and O–H groups in total. The van der Waals surface area contributed by atoms with E-state index in [4.69, 9.17) is 4.74 Å². The average molecular weight is 267 g/mol. The normalized spacial score (nSPS) is 33.1. The van der Waals surface area contributed by atoms with Gasteiger partial charge in [0.2, 0.25) is 0 Å². The van der Waals surface area contributed by atoms with Gasteiger partial charge in [0, 0.05) is 6.04 Å². The smallest absolute Gasteiger partial charge is 0.323 e. The molecule has 0 aromatic heterocycles. The number of carbonyl (C=O) groups excluding carboxylic acids is 1.